The number of hydrogen-bond donors (Lipinski definition) is 1. The lowest BCUT2D eigenvalue weighted by molar-refractivity contribution is -0.466. The molecular formula is C22H17N4O2+. The van der Waals surface area contributed by atoms with E-state index < -0.39 is 11.8 Å². The van der Waals surface area contributed by atoms with Gasteiger partial charge in [0.15, 0.2) is 0 Å². The fraction of sp³-hybridized carbons (Fsp3) is 0.0909. The number of benzene rings is 2. The number of carbonyl (C=O) groups excluding carboxylic acids is 2. The van der Waals surface area contributed by atoms with E-state index in [1.165, 1.54) is 13.8 Å². The molecule has 0 unspecified atom stereocenters. The van der Waals surface area contributed by atoms with E-state index in [0.717, 1.165) is 21.5 Å². The van der Waals surface area contributed by atoms with Crippen molar-refractivity contribution in [3.05, 3.63) is 66.2 Å². The van der Waals surface area contributed by atoms with Crippen LogP contribution in [0.5, 0.6) is 0 Å². The lowest BCUT2D eigenvalue weighted by Crippen LogP contribution is -2.42. The molecule has 0 aliphatic rings. The SMILES string of the molecule is CC(=O)N(C(C)=O)c1c(C#N)c(-c2ccccc2)cc2[nH]c3ccccc3[n+]12. The fourth-order valence-electron chi connectivity index (χ4n) is 3.56. The van der Waals surface area contributed by atoms with E-state index in [0.29, 0.717) is 11.2 Å². The second-order valence-electron chi connectivity index (χ2n) is 6.47. The number of amides is 2. The summed E-state index contributed by atoms with van der Waals surface area (Å²) in [6.45, 7) is 2.64. The summed E-state index contributed by atoms with van der Waals surface area (Å²) in [5.41, 5.74) is 4.03. The number of anilines is 1. The van der Waals surface area contributed by atoms with E-state index >= 15 is 0 Å². The molecule has 0 bridgehead atoms. The molecule has 4 aromatic rings. The molecule has 0 aliphatic carbocycles. The molecule has 6 heteroatoms. The first-order valence-electron chi connectivity index (χ1n) is 8.79. The third kappa shape index (κ3) is 2.61. The summed E-state index contributed by atoms with van der Waals surface area (Å²) in [5.74, 6) is -0.655. The Morgan fingerprint density at radius 2 is 1.64 bits per heavy atom. The summed E-state index contributed by atoms with van der Waals surface area (Å²) < 4.78 is 1.75. The van der Waals surface area contributed by atoms with Gasteiger partial charge in [-0.25, -0.2) is 0 Å². The molecule has 6 nitrogen and oxygen atoms in total. The zero-order valence-corrected chi connectivity index (χ0v) is 15.4. The van der Waals surface area contributed by atoms with Crippen molar-refractivity contribution in [2.24, 2.45) is 0 Å². The van der Waals surface area contributed by atoms with Gasteiger partial charge in [-0.1, -0.05) is 42.5 Å². The van der Waals surface area contributed by atoms with E-state index in [2.05, 4.69) is 11.1 Å². The average Bonchev–Trinajstić information content (AvgIpc) is 3.06. The number of nitrogens with one attached hydrogen (secondary N) is 1. The van der Waals surface area contributed by atoms with Gasteiger partial charge in [0.2, 0.25) is 5.65 Å². The van der Waals surface area contributed by atoms with Gasteiger partial charge in [0.25, 0.3) is 17.6 Å². The van der Waals surface area contributed by atoms with Crippen LogP contribution in [0, 0.1) is 11.3 Å². The third-order valence-corrected chi connectivity index (χ3v) is 4.67. The fourth-order valence-corrected chi connectivity index (χ4v) is 3.56. The highest BCUT2D eigenvalue weighted by atomic mass is 16.2. The number of aromatic nitrogens is 2. The Labute approximate surface area is 161 Å². The normalized spacial score (nSPS) is 10.8. The smallest absolute Gasteiger partial charge is 0.270 e. The number of carbonyl (C=O) groups is 2. The summed E-state index contributed by atoms with van der Waals surface area (Å²) in [4.78, 5) is 29.1. The Morgan fingerprint density at radius 1 is 1.00 bits per heavy atom. The van der Waals surface area contributed by atoms with E-state index in [1.54, 1.807) is 4.40 Å². The highest BCUT2D eigenvalue weighted by Crippen LogP contribution is 2.31. The average molecular weight is 369 g/mol. The quantitative estimate of drug-likeness (QED) is 0.550. The number of pyridine rings is 1. The lowest BCUT2D eigenvalue weighted by Gasteiger charge is -2.16. The van der Waals surface area contributed by atoms with Gasteiger partial charge in [-0.3, -0.25) is 14.6 Å². The molecule has 136 valence electrons. The van der Waals surface area contributed by atoms with Gasteiger partial charge < -0.3 is 0 Å². The number of imide groups is 1. The molecule has 28 heavy (non-hydrogen) atoms. The van der Waals surface area contributed by atoms with Gasteiger partial charge in [0.1, 0.15) is 22.7 Å². The topological polar surface area (TPSA) is 81.1 Å². The van der Waals surface area contributed by atoms with Gasteiger partial charge in [0, 0.05) is 25.5 Å². The van der Waals surface area contributed by atoms with Crippen molar-refractivity contribution < 1.29 is 14.0 Å². The molecule has 0 saturated carbocycles. The van der Waals surface area contributed by atoms with Gasteiger partial charge >= 0.3 is 0 Å². The molecule has 2 aromatic heterocycles. The van der Waals surface area contributed by atoms with E-state index in [1.807, 2.05) is 60.7 Å². The number of hydrogen-bond acceptors (Lipinski definition) is 3. The minimum atomic E-state index is -0.451. The zero-order chi connectivity index (χ0) is 19.8. The Balaban J connectivity index is 2.24. The van der Waals surface area contributed by atoms with Gasteiger partial charge in [-0.2, -0.15) is 14.6 Å². The maximum absolute atomic E-state index is 12.4. The van der Waals surface area contributed by atoms with Crippen LogP contribution in [-0.2, 0) is 9.59 Å². The molecule has 4 rings (SSSR count). The standard InChI is InChI=1S/C22H16N4O2/c1-14(27)25(15(2)28)22-18(13-23)17(16-8-4-3-5-9-16)12-21-24-19-10-6-7-11-20(19)26(21)22/h3-12H,1-2H3/p+1. The third-order valence-electron chi connectivity index (χ3n) is 4.67. The van der Waals surface area contributed by atoms with E-state index in [-0.39, 0.29) is 11.4 Å². The van der Waals surface area contributed by atoms with Crippen LogP contribution in [0.2, 0.25) is 0 Å². The van der Waals surface area contributed by atoms with Crippen LogP contribution in [0.15, 0.2) is 60.7 Å². The number of nitriles is 1. The highest BCUT2D eigenvalue weighted by molar-refractivity contribution is 6.13. The summed E-state index contributed by atoms with van der Waals surface area (Å²) >= 11 is 0. The van der Waals surface area contributed by atoms with Crippen LogP contribution in [0.25, 0.3) is 27.8 Å². The molecule has 0 fully saturated rings. The monoisotopic (exact) mass is 369 g/mol. The number of fused-ring (bicyclic) bond motifs is 3. The zero-order valence-electron chi connectivity index (χ0n) is 15.4. The number of imidazole rings is 1. The first-order chi connectivity index (χ1) is 13.5. The van der Waals surface area contributed by atoms with Crippen LogP contribution in [0.4, 0.5) is 5.82 Å². The molecule has 0 atom stereocenters. The van der Waals surface area contributed by atoms with Gasteiger partial charge in [-0.05, 0) is 17.7 Å². The second-order valence-corrected chi connectivity index (χ2v) is 6.47. The molecule has 2 amide bonds. The first kappa shape index (κ1) is 17.4. The summed E-state index contributed by atoms with van der Waals surface area (Å²) in [6, 6.07) is 21.1. The van der Waals surface area contributed by atoms with Crippen molar-refractivity contribution in [1.29, 1.82) is 5.26 Å². The van der Waals surface area contributed by atoms with Crippen LogP contribution >= 0.6 is 0 Å². The van der Waals surface area contributed by atoms with Crippen LogP contribution in [-0.4, -0.2) is 16.8 Å². The predicted octanol–water partition coefficient (Wildman–Crippen LogP) is 3.34. The molecule has 0 spiro atoms. The first-order valence-corrected chi connectivity index (χ1v) is 8.79. The maximum atomic E-state index is 12.4. The predicted molar refractivity (Wildman–Crippen MR) is 105 cm³/mol. The largest absolute Gasteiger partial charge is 0.286 e. The highest BCUT2D eigenvalue weighted by Gasteiger charge is 2.33. The van der Waals surface area contributed by atoms with Gasteiger partial charge in [0.05, 0.1) is 0 Å². The maximum Gasteiger partial charge on any atom is 0.286 e. The summed E-state index contributed by atoms with van der Waals surface area (Å²) in [5, 5.41) is 10.0. The number of nitrogens with zero attached hydrogens (tertiary/aromatic N) is 3. The van der Waals surface area contributed by atoms with E-state index in [9.17, 15) is 14.9 Å². The van der Waals surface area contributed by atoms with Crippen molar-refractivity contribution in [3.8, 4) is 17.2 Å². The number of H-pyrrole nitrogens is 1. The van der Waals surface area contributed by atoms with Gasteiger partial charge in [-0.15, -0.1) is 0 Å². The molecule has 1 N–H and O–H groups in total. The van der Waals surface area contributed by atoms with Crippen molar-refractivity contribution in [3.63, 3.8) is 0 Å². The summed E-state index contributed by atoms with van der Waals surface area (Å²) in [7, 11) is 0. The molecule has 0 radical (unpaired) electrons. The minimum absolute atomic E-state index is 0.247. The van der Waals surface area contributed by atoms with Crippen LogP contribution < -0.4 is 9.30 Å². The number of para-hydroxylation sites is 2. The van der Waals surface area contributed by atoms with Crippen LogP contribution in [0.1, 0.15) is 19.4 Å². The van der Waals surface area contributed by atoms with Crippen molar-refractivity contribution in [1.82, 2.24) is 4.98 Å². The molecule has 0 aliphatic heterocycles. The number of aromatic amines is 1. The Bertz CT molecular complexity index is 1270. The lowest BCUT2D eigenvalue weighted by atomic mass is 10.0. The molecular weight excluding hydrogens is 352 g/mol. The molecule has 2 heterocycles. The summed E-state index contributed by atoms with van der Waals surface area (Å²) in [6.07, 6.45) is 0. The molecule has 2 aromatic carbocycles. The Morgan fingerprint density at radius 3 is 2.29 bits per heavy atom. The van der Waals surface area contributed by atoms with Crippen molar-refractivity contribution in [2.45, 2.75) is 13.8 Å². The number of rotatable bonds is 2. The Hall–Kier alpha value is -3.98. The van der Waals surface area contributed by atoms with Crippen LogP contribution in [0.3, 0.4) is 0 Å². The van der Waals surface area contributed by atoms with Crippen molar-refractivity contribution in [2.75, 3.05) is 4.90 Å². The molecule has 0 saturated heterocycles. The van der Waals surface area contributed by atoms with E-state index in [4.69, 9.17) is 0 Å². The van der Waals surface area contributed by atoms with Crippen molar-refractivity contribution >= 4 is 34.3 Å². The Kier molecular flexibility index (Phi) is 4.13. The second kappa shape index (κ2) is 6.63. The minimum Gasteiger partial charge on any atom is -0.270 e.